The molecule has 0 bridgehead atoms. The summed E-state index contributed by atoms with van der Waals surface area (Å²) >= 11 is 0. The van der Waals surface area contributed by atoms with Crippen LogP contribution < -0.4 is 11.3 Å². The maximum Gasteiger partial charge on any atom is 0.394 e. The summed E-state index contributed by atoms with van der Waals surface area (Å²) in [5.41, 5.74) is 5.06. The second-order valence-electron chi connectivity index (χ2n) is 3.62. The fraction of sp³-hybridized carbons (Fsp3) is 0.500. The van der Waals surface area contributed by atoms with Gasteiger partial charge in [0.25, 0.3) is 5.56 Å². The Morgan fingerprint density at radius 2 is 2.12 bits per heavy atom. The number of nitrogens with zero attached hydrogens (tertiary/aromatic N) is 1. The molecule has 1 unspecified atom stereocenters. The number of aryl methyl sites for hydroxylation is 1. The number of aromatic nitrogens is 1. The minimum absolute atomic E-state index is 0.412. The van der Waals surface area contributed by atoms with Gasteiger partial charge in [-0.3, -0.25) is 4.79 Å². The lowest BCUT2D eigenvalue weighted by molar-refractivity contribution is -0.175. The van der Waals surface area contributed by atoms with Gasteiger partial charge >= 0.3 is 6.18 Å². The van der Waals surface area contributed by atoms with Gasteiger partial charge in [-0.05, 0) is 13.0 Å². The third kappa shape index (κ3) is 2.85. The largest absolute Gasteiger partial charge is 0.394 e. The van der Waals surface area contributed by atoms with Gasteiger partial charge in [0.05, 0.1) is 5.92 Å². The number of alkyl halides is 3. The molecule has 0 aliphatic carbocycles. The SMILES string of the molecule is Cc1cccn(CC(CN)C(F)(F)F)c1=O. The van der Waals surface area contributed by atoms with E-state index in [0.29, 0.717) is 5.56 Å². The molecule has 0 fully saturated rings. The Morgan fingerprint density at radius 1 is 1.50 bits per heavy atom. The topological polar surface area (TPSA) is 48.0 Å². The first-order valence-electron chi connectivity index (χ1n) is 4.79. The summed E-state index contributed by atoms with van der Waals surface area (Å²) in [4.78, 5) is 11.5. The van der Waals surface area contributed by atoms with E-state index in [1.807, 2.05) is 0 Å². The van der Waals surface area contributed by atoms with Gasteiger partial charge in [-0.2, -0.15) is 13.2 Å². The van der Waals surface area contributed by atoms with Crippen molar-refractivity contribution in [1.82, 2.24) is 4.57 Å². The van der Waals surface area contributed by atoms with Crippen molar-refractivity contribution >= 4 is 0 Å². The predicted octanol–water partition coefficient (Wildman–Crippen LogP) is 1.29. The van der Waals surface area contributed by atoms with E-state index in [1.165, 1.54) is 6.20 Å². The van der Waals surface area contributed by atoms with Crippen molar-refractivity contribution in [1.29, 1.82) is 0 Å². The molecule has 0 aliphatic heterocycles. The highest BCUT2D eigenvalue weighted by molar-refractivity contribution is 5.07. The van der Waals surface area contributed by atoms with Gasteiger partial charge in [-0.1, -0.05) is 6.07 Å². The zero-order chi connectivity index (χ0) is 12.3. The molecule has 90 valence electrons. The highest BCUT2D eigenvalue weighted by Gasteiger charge is 2.38. The Bertz CT molecular complexity index is 411. The Kier molecular flexibility index (Phi) is 3.74. The average Bonchev–Trinajstić information content (AvgIpc) is 2.18. The molecule has 1 atom stereocenters. The van der Waals surface area contributed by atoms with Crippen LogP contribution in [-0.4, -0.2) is 17.3 Å². The molecule has 1 aromatic heterocycles. The molecule has 1 rings (SSSR count). The predicted molar refractivity (Wildman–Crippen MR) is 54.0 cm³/mol. The van der Waals surface area contributed by atoms with E-state index in [-0.39, 0.29) is 0 Å². The average molecular weight is 234 g/mol. The van der Waals surface area contributed by atoms with Gasteiger partial charge in [0.15, 0.2) is 0 Å². The van der Waals surface area contributed by atoms with Gasteiger partial charge in [-0.25, -0.2) is 0 Å². The summed E-state index contributed by atoms with van der Waals surface area (Å²) in [5, 5.41) is 0. The molecule has 0 spiro atoms. The van der Waals surface area contributed by atoms with Crippen LogP contribution in [-0.2, 0) is 6.54 Å². The smallest absolute Gasteiger partial charge is 0.330 e. The Hall–Kier alpha value is -1.30. The summed E-state index contributed by atoms with van der Waals surface area (Å²) in [6.07, 6.45) is -3.04. The fourth-order valence-corrected chi connectivity index (χ4v) is 1.35. The molecule has 16 heavy (non-hydrogen) atoms. The lowest BCUT2D eigenvalue weighted by atomic mass is 10.1. The van der Waals surface area contributed by atoms with Crippen molar-refractivity contribution in [3.63, 3.8) is 0 Å². The fourth-order valence-electron chi connectivity index (χ4n) is 1.35. The van der Waals surface area contributed by atoms with E-state index in [1.54, 1.807) is 19.1 Å². The summed E-state index contributed by atoms with van der Waals surface area (Å²) in [5.74, 6) is -1.69. The molecule has 0 amide bonds. The number of nitrogens with two attached hydrogens (primary N) is 1. The van der Waals surface area contributed by atoms with E-state index < -0.39 is 30.7 Å². The third-order valence-corrected chi connectivity index (χ3v) is 2.37. The molecule has 3 nitrogen and oxygen atoms in total. The number of hydrogen-bond donors (Lipinski definition) is 1. The van der Waals surface area contributed by atoms with Crippen molar-refractivity contribution < 1.29 is 13.2 Å². The van der Waals surface area contributed by atoms with Crippen LogP contribution in [0.1, 0.15) is 5.56 Å². The first-order chi connectivity index (χ1) is 7.36. The second kappa shape index (κ2) is 4.69. The van der Waals surface area contributed by atoms with Crippen LogP contribution in [0.3, 0.4) is 0 Å². The molecule has 0 saturated heterocycles. The standard InChI is InChI=1S/C10H13F3N2O/c1-7-3-2-4-15(9(7)16)6-8(5-14)10(11,12)13/h2-4,8H,5-6,14H2,1H3. The van der Waals surface area contributed by atoms with Crippen molar-refractivity contribution in [2.75, 3.05) is 6.54 Å². The van der Waals surface area contributed by atoms with E-state index >= 15 is 0 Å². The Morgan fingerprint density at radius 3 is 2.62 bits per heavy atom. The summed E-state index contributed by atoms with van der Waals surface area (Å²) in [6, 6.07) is 3.10. The van der Waals surface area contributed by atoms with Gasteiger partial charge in [-0.15, -0.1) is 0 Å². The maximum atomic E-state index is 12.4. The molecule has 0 aromatic carbocycles. The van der Waals surface area contributed by atoms with Crippen LogP contribution in [0.4, 0.5) is 13.2 Å². The summed E-state index contributed by atoms with van der Waals surface area (Å²) in [6.45, 7) is 0.605. The minimum Gasteiger partial charge on any atom is -0.330 e. The third-order valence-electron chi connectivity index (χ3n) is 2.37. The molecule has 2 N–H and O–H groups in total. The molecular formula is C10H13F3N2O. The van der Waals surface area contributed by atoms with Crippen molar-refractivity contribution in [2.24, 2.45) is 11.7 Å². The van der Waals surface area contributed by atoms with Gasteiger partial charge < -0.3 is 10.3 Å². The molecule has 1 heterocycles. The second-order valence-corrected chi connectivity index (χ2v) is 3.62. The van der Waals surface area contributed by atoms with Crippen LogP contribution >= 0.6 is 0 Å². The van der Waals surface area contributed by atoms with Gasteiger partial charge in [0.2, 0.25) is 0 Å². The van der Waals surface area contributed by atoms with Crippen molar-refractivity contribution in [3.8, 4) is 0 Å². The van der Waals surface area contributed by atoms with E-state index in [2.05, 4.69) is 0 Å². The monoisotopic (exact) mass is 234 g/mol. The van der Waals surface area contributed by atoms with E-state index in [9.17, 15) is 18.0 Å². The van der Waals surface area contributed by atoms with Crippen molar-refractivity contribution in [2.45, 2.75) is 19.6 Å². The molecule has 6 heteroatoms. The van der Waals surface area contributed by atoms with Crippen LogP contribution in [0, 0.1) is 12.8 Å². The van der Waals surface area contributed by atoms with Crippen LogP contribution in [0.15, 0.2) is 23.1 Å². The number of pyridine rings is 1. The van der Waals surface area contributed by atoms with Crippen LogP contribution in [0.25, 0.3) is 0 Å². The number of halogens is 3. The van der Waals surface area contributed by atoms with Crippen molar-refractivity contribution in [3.05, 3.63) is 34.2 Å². The lowest BCUT2D eigenvalue weighted by Gasteiger charge is -2.19. The Balaban J connectivity index is 2.96. The van der Waals surface area contributed by atoms with Crippen LogP contribution in [0.2, 0.25) is 0 Å². The highest BCUT2D eigenvalue weighted by atomic mass is 19.4. The molecule has 1 aromatic rings. The van der Waals surface area contributed by atoms with E-state index in [4.69, 9.17) is 5.73 Å². The van der Waals surface area contributed by atoms with Gasteiger partial charge in [0.1, 0.15) is 0 Å². The molecular weight excluding hydrogens is 221 g/mol. The van der Waals surface area contributed by atoms with Gasteiger partial charge in [0, 0.05) is 24.8 Å². The summed E-state index contributed by atoms with van der Waals surface area (Å²) in [7, 11) is 0. The normalized spacial score (nSPS) is 13.8. The van der Waals surface area contributed by atoms with E-state index in [0.717, 1.165) is 4.57 Å². The molecule has 0 radical (unpaired) electrons. The zero-order valence-corrected chi connectivity index (χ0v) is 8.79. The minimum atomic E-state index is -4.38. The highest BCUT2D eigenvalue weighted by Crippen LogP contribution is 2.26. The zero-order valence-electron chi connectivity index (χ0n) is 8.79. The first kappa shape index (κ1) is 12.8. The molecule has 0 saturated carbocycles. The van der Waals surface area contributed by atoms with Crippen LogP contribution in [0.5, 0.6) is 0 Å². The number of rotatable bonds is 3. The Labute approximate surface area is 90.7 Å². The lowest BCUT2D eigenvalue weighted by Crippen LogP contribution is -2.37. The summed E-state index contributed by atoms with van der Waals surface area (Å²) < 4.78 is 38.4. The maximum absolute atomic E-state index is 12.4. The number of hydrogen-bond acceptors (Lipinski definition) is 2. The molecule has 0 aliphatic rings. The quantitative estimate of drug-likeness (QED) is 0.856. The first-order valence-corrected chi connectivity index (χ1v) is 4.79.